The number of rotatable bonds is 6. The highest BCUT2D eigenvalue weighted by Crippen LogP contribution is 2.38. The quantitative estimate of drug-likeness (QED) is 0.773. The molecule has 1 aromatic heterocycles. The van der Waals surface area contributed by atoms with Crippen molar-refractivity contribution < 1.29 is 14.3 Å². The summed E-state index contributed by atoms with van der Waals surface area (Å²) in [5, 5.41) is 7.20. The van der Waals surface area contributed by atoms with E-state index in [-0.39, 0.29) is 11.8 Å². The smallest absolute Gasteiger partial charge is 0.233 e. The minimum Gasteiger partial charge on any atom is -0.381 e. The lowest BCUT2D eigenvalue weighted by atomic mass is 9.72. The summed E-state index contributed by atoms with van der Waals surface area (Å²) in [4.78, 5) is 28.1. The predicted molar refractivity (Wildman–Crippen MR) is 119 cm³/mol. The number of anilines is 1. The van der Waals surface area contributed by atoms with Crippen molar-refractivity contribution in [1.29, 1.82) is 0 Å². The maximum absolute atomic E-state index is 13.7. The van der Waals surface area contributed by atoms with E-state index in [1.54, 1.807) is 4.68 Å². The first kappa shape index (κ1) is 21.6. The molecule has 7 nitrogen and oxygen atoms in total. The van der Waals surface area contributed by atoms with E-state index in [1.165, 1.54) is 0 Å². The highest BCUT2D eigenvalue weighted by molar-refractivity contribution is 5.90. The Morgan fingerprint density at radius 3 is 2.48 bits per heavy atom. The summed E-state index contributed by atoms with van der Waals surface area (Å²) in [5.41, 5.74) is 0.610. The number of aromatic nitrogens is 2. The molecule has 0 saturated carbocycles. The normalized spacial score (nSPS) is 19.2. The average molecular weight is 425 g/mol. The number of hydrogen-bond donors (Lipinski definition) is 1. The molecule has 2 saturated heterocycles. The third-order valence-corrected chi connectivity index (χ3v) is 6.69. The molecule has 2 aliphatic rings. The van der Waals surface area contributed by atoms with Crippen molar-refractivity contribution >= 4 is 17.6 Å². The molecular weight excluding hydrogens is 392 g/mol. The van der Waals surface area contributed by atoms with Crippen LogP contribution < -0.4 is 5.32 Å². The van der Waals surface area contributed by atoms with Gasteiger partial charge in [-0.05, 0) is 44.1 Å². The van der Waals surface area contributed by atoms with Crippen LogP contribution >= 0.6 is 0 Å². The van der Waals surface area contributed by atoms with Gasteiger partial charge >= 0.3 is 0 Å². The lowest BCUT2D eigenvalue weighted by Gasteiger charge is -2.42. The van der Waals surface area contributed by atoms with E-state index in [0.29, 0.717) is 44.5 Å². The number of benzene rings is 1. The fraction of sp³-hybridized carbons (Fsp3) is 0.542. The second kappa shape index (κ2) is 9.64. The van der Waals surface area contributed by atoms with Gasteiger partial charge in [0.25, 0.3) is 0 Å². The number of hydrogen-bond acceptors (Lipinski definition) is 4. The van der Waals surface area contributed by atoms with Crippen LogP contribution in [0, 0.1) is 5.92 Å². The summed E-state index contributed by atoms with van der Waals surface area (Å²) in [7, 11) is 0. The summed E-state index contributed by atoms with van der Waals surface area (Å²) in [5.74, 6) is 1.11. The number of carbonyl (C=O) groups excluding carboxylic acids is 2. The van der Waals surface area contributed by atoms with Crippen LogP contribution in [-0.2, 0) is 26.3 Å². The number of likely N-dealkylation sites (tertiary alicyclic amines) is 1. The lowest BCUT2D eigenvalue weighted by molar-refractivity contribution is -0.142. The Balaban J connectivity index is 1.34. The number of nitrogens with one attached hydrogen (secondary N) is 1. The van der Waals surface area contributed by atoms with E-state index in [2.05, 4.69) is 22.5 Å². The number of ether oxygens (including phenoxy) is 1. The van der Waals surface area contributed by atoms with Crippen LogP contribution in [0.4, 0.5) is 5.82 Å². The van der Waals surface area contributed by atoms with Gasteiger partial charge in [0.1, 0.15) is 0 Å². The van der Waals surface area contributed by atoms with Crippen LogP contribution in [0.1, 0.15) is 44.6 Å². The third-order valence-electron chi connectivity index (χ3n) is 6.69. The minimum atomic E-state index is -0.484. The standard InChI is InChI=1S/C24H32N4O3/c1-2-28-15-10-21(26-28)25-22(29)18-19-8-13-27(14-9-19)23(30)24(11-16-31-17-12-24)20-6-4-3-5-7-20/h3-7,10,15,19H,2,8-9,11-14,16-18H2,1H3,(H,25,26,29). The van der Waals surface area contributed by atoms with Gasteiger partial charge in [-0.25, -0.2) is 0 Å². The molecule has 0 unspecified atom stereocenters. The zero-order valence-corrected chi connectivity index (χ0v) is 18.3. The highest BCUT2D eigenvalue weighted by atomic mass is 16.5. The van der Waals surface area contributed by atoms with Crippen LogP contribution in [0.2, 0.25) is 0 Å². The molecule has 0 radical (unpaired) electrons. The topological polar surface area (TPSA) is 76.5 Å². The molecule has 2 aromatic rings. The molecule has 0 bridgehead atoms. The SMILES string of the molecule is CCn1ccc(NC(=O)CC2CCN(C(=O)C3(c4ccccc4)CCOCC3)CC2)n1. The summed E-state index contributed by atoms with van der Waals surface area (Å²) in [6, 6.07) is 12.0. The fourth-order valence-corrected chi connectivity index (χ4v) is 4.81. The van der Waals surface area contributed by atoms with E-state index in [0.717, 1.165) is 37.8 Å². The molecule has 0 spiro atoms. The van der Waals surface area contributed by atoms with Crippen LogP contribution in [-0.4, -0.2) is 52.8 Å². The number of carbonyl (C=O) groups is 2. The highest BCUT2D eigenvalue weighted by Gasteiger charge is 2.44. The fourth-order valence-electron chi connectivity index (χ4n) is 4.81. The lowest BCUT2D eigenvalue weighted by Crippen LogP contribution is -2.52. The van der Waals surface area contributed by atoms with Crippen molar-refractivity contribution in [3.63, 3.8) is 0 Å². The molecular formula is C24H32N4O3. The van der Waals surface area contributed by atoms with Gasteiger partial charge in [0.05, 0.1) is 5.41 Å². The van der Waals surface area contributed by atoms with Gasteiger partial charge < -0.3 is 15.0 Å². The van der Waals surface area contributed by atoms with Crippen molar-refractivity contribution in [3.05, 3.63) is 48.2 Å². The van der Waals surface area contributed by atoms with E-state index in [9.17, 15) is 9.59 Å². The maximum Gasteiger partial charge on any atom is 0.233 e. The van der Waals surface area contributed by atoms with Gasteiger partial charge in [0.2, 0.25) is 11.8 Å². The first-order valence-corrected chi connectivity index (χ1v) is 11.4. The number of aryl methyl sites for hydroxylation is 1. The zero-order chi connectivity index (χ0) is 21.7. The number of nitrogens with zero attached hydrogens (tertiary/aromatic N) is 3. The van der Waals surface area contributed by atoms with Crippen LogP contribution in [0.5, 0.6) is 0 Å². The van der Waals surface area contributed by atoms with Crippen molar-refractivity contribution in [1.82, 2.24) is 14.7 Å². The Labute approximate surface area is 183 Å². The largest absolute Gasteiger partial charge is 0.381 e. The van der Waals surface area contributed by atoms with Gasteiger partial charge in [-0.3, -0.25) is 14.3 Å². The first-order valence-electron chi connectivity index (χ1n) is 11.4. The zero-order valence-electron chi connectivity index (χ0n) is 18.3. The van der Waals surface area contributed by atoms with Gasteiger partial charge in [-0.2, -0.15) is 5.10 Å². The summed E-state index contributed by atoms with van der Waals surface area (Å²) in [6.45, 7) is 5.43. The van der Waals surface area contributed by atoms with E-state index in [4.69, 9.17) is 4.74 Å². The molecule has 2 fully saturated rings. The molecule has 0 atom stereocenters. The number of amides is 2. The Kier molecular flexibility index (Phi) is 6.70. The molecule has 3 heterocycles. The third kappa shape index (κ3) is 4.82. The van der Waals surface area contributed by atoms with Crippen LogP contribution in [0.25, 0.3) is 0 Å². The van der Waals surface area contributed by atoms with Crippen molar-refractivity contribution in [2.24, 2.45) is 5.92 Å². The van der Waals surface area contributed by atoms with Crippen molar-refractivity contribution in [2.45, 2.75) is 51.0 Å². The van der Waals surface area contributed by atoms with Crippen molar-refractivity contribution in [3.8, 4) is 0 Å². The number of piperidine rings is 1. The molecule has 1 N–H and O–H groups in total. The van der Waals surface area contributed by atoms with E-state index >= 15 is 0 Å². The van der Waals surface area contributed by atoms with E-state index < -0.39 is 5.41 Å². The molecule has 7 heteroatoms. The Morgan fingerprint density at radius 1 is 1.13 bits per heavy atom. The first-order chi connectivity index (χ1) is 15.1. The van der Waals surface area contributed by atoms with Gasteiger partial charge in [-0.15, -0.1) is 0 Å². The van der Waals surface area contributed by atoms with Gasteiger partial charge in [0.15, 0.2) is 5.82 Å². The predicted octanol–water partition coefficient (Wildman–Crippen LogP) is 3.22. The monoisotopic (exact) mass is 424 g/mol. The summed E-state index contributed by atoms with van der Waals surface area (Å²) < 4.78 is 7.37. The van der Waals surface area contributed by atoms with Gasteiger partial charge in [-0.1, -0.05) is 30.3 Å². The summed E-state index contributed by atoms with van der Waals surface area (Å²) in [6.07, 6.45) is 5.48. The second-order valence-corrected chi connectivity index (χ2v) is 8.61. The summed E-state index contributed by atoms with van der Waals surface area (Å²) >= 11 is 0. The van der Waals surface area contributed by atoms with Crippen molar-refractivity contribution in [2.75, 3.05) is 31.6 Å². The molecule has 166 valence electrons. The van der Waals surface area contributed by atoms with E-state index in [1.807, 2.05) is 42.3 Å². The Bertz CT molecular complexity index is 881. The van der Waals surface area contributed by atoms with Gasteiger partial charge in [0, 0.05) is 51.5 Å². The Hall–Kier alpha value is -2.67. The minimum absolute atomic E-state index is 0.00341. The Morgan fingerprint density at radius 2 is 1.84 bits per heavy atom. The maximum atomic E-state index is 13.7. The molecule has 2 aliphatic heterocycles. The molecule has 2 amide bonds. The molecule has 31 heavy (non-hydrogen) atoms. The van der Waals surface area contributed by atoms with Crippen LogP contribution in [0.3, 0.4) is 0 Å². The average Bonchev–Trinajstić information content (AvgIpc) is 3.27. The molecule has 4 rings (SSSR count). The second-order valence-electron chi connectivity index (χ2n) is 8.61. The molecule has 0 aliphatic carbocycles. The molecule has 1 aromatic carbocycles. The van der Waals surface area contributed by atoms with Crippen LogP contribution in [0.15, 0.2) is 42.6 Å².